The van der Waals surface area contributed by atoms with E-state index in [4.69, 9.17) is 11.6 Å². The van der Waals surface area contributed by atoms with E-state index >= 15 is 0 Å². The molecule has 1 N–H and O–H groups in total. The van der Waals surface area contributed by atoms with Crippen LogP contribution in [0.1, 0.15) is 30.9 Å². The van der Waals surface area contributed by atoms with Crippen LogP contribution < -0.4 is 5.32 Å². The predicted octanol–water partition coefficient (Wildman–Crippen LogP) is 4.92. The first-order valence-electron chi connectivity index (χ1n) is 7.79. The number of nitrogens with zero attached hydrogens (tertiary/aromatic N) is 2. The highest BCUT2D eigenvalue weighted by molar-refractivity contribution is 6.34. The highest BCUT2D eigenvalue weighted by Gasteiger charge is 2.17. The smallest absolute Gasteiger partial charge is 0.273 e. The summed E-state index contributed by atoms with van der Waals surface area (Å²) in [7, 11) is 0. The maximum absolute atomic E-state index is 12.3. The second-order valence-electron chi connectivity index (χ2n) is 5.83. The van der Waals surface area contributed by atoms with E-state index in [-0.39, 0.29) is 17.2 Å². The molecule has 26 heavy (non-hydrogen) atoms. The number of nitriles is 1. The van der Waals surface area contributed by atoms with Crippen molar-refractivity contribution in [3.63, 3.8) is 0 Å². The minimum Gasteiger partial charge on any atom is -0.320 e. The molecule has 0 atom stereocenters. The van der Waals surface area contributed by atoms with Gasteiger partial charge in [0.05, 0.1) is 15.6 Å². The SMILES string of the molecule is CC(C)c1ccc(/C=C(\C#N)C(=O)Nc2ccccc2Cl)cc1[N+](=O)[O-]. The van der Waals surface area contributed by atoms with E-state index < -0.39 is 10.8 Å². The summed E-state index contributed by atoms with van der Waals surface area (Å²) in [6.45, 7) is 3.71. The lowest BCUT2D eigenvalue weighted by atomic mass is 9.98. The first kappa shape index (κ1) is 19.2. The zero-order chi connectivity index (χ0) is 19.3. The van der Waals surface area contributed by atoms with Crippen LogP contribution >= 0.6 is 11.6 Å². The molecule has 6 nitrogen and oxygen atoms in total. The standard InChI is InChI=1S/C19H16ClN3O3/c1-12(2)15-8-7-13(10-18(15)23(25)26)9-14(11-21)19(24)22-17-6-4-3-5-16(17)20/h3-10,12H,1-2H3,(H,22,24)/b14-9+. The van der Waals surface area contributed by atoms with Gasteiger partial charge in [-0.2, -0.15) is 5.26 Å². The molecule has 0 bridgehead atoms. The molecular formula is C19H16ClN3O3. The predicted molar refractivity (Wildman–Crippen MR) is 101 cm³/mol. The van der Waals surface area contributed by atoms with Gasteiger partial charge in [0.2, 0.25) is 0 Å². The quantitative estimate of drug-likeness (QED) is 0.350. The highest BCUT2D eigenvalue weighted by atomic mass is 35.5. The number of nitro benzene ring substituents is 1. The van der Waals surface area contributed by atoms with Gasteiger partial charge < -0.3 is 5.32 Å². The number of hydrogen-bond donors (Lipinski definition) is 1. The van der Waals surface area contributed by atoms with E-state index in [0.717, 1.165) is 0 Å². The minimum absolute atomic E-state index is 0.0209. The summed E-state index contributed by atoms with van der Waals surface area (Å²) in [6.07, 6.45) is 1.31. The van der Waals surface area contributed by atoms with Crippen LogP contribution in [0.4, 0.5) is 11.4 Å². The van der Waals surface area contributed by atoms with E-state index in [9.17, 15) is 20.2 Å². The average molecular weight is 370 g/mol. The van der Waals surface area contributed by atoms with Crippen LogP contribution in [-0.4, -0.2) is 10.8 Å². The fourth-order valence-corrected chi connectivity index (χ4v) is 2.55. The number of benzene rings is 2. The van der Waals surface area contributed by atoms with Crippen molar-refractivity contribution < 1.29 is 9.72 Å². The molecule has 0 heterocycles. The maximum Gasteiger partial charge on any atom is 0.273 e. The Kier molecular flexibility index (Phi) is 6.10. The highest BCUT2D eigenvalue weighted by Crippen LogP contribution is 2.28. The third kappa shape index (κ3) is 4.47. The van der Waals surface area contributed by atoms with E-state index in [1.165, 1.54) is 12.1 Å². The van der Waals surface area contributed by atoms with Crippen molar-refractivity contribution in [1.82, 2.24) is 0 Å². The van der Waals surface area contributed by atoms with Gasteiger partial charge >= 0.3 is 0 Å². The fraction of sp³-hybridized carbons (Fsp3) is 0.158. The van der Waals surface area contributed by atoms with Crippen LogP contribution in [0.2, 0.25) is 5.02 Å². The number of rotatable bonds is 5. The Morgan fingerprint density at radius 1 is 1.31 bits per heavy atom. The van der Waals surface area contributed by atoms with Crippen molar-refractivity contribution in [2.45, 2.75) is 19.8 Å². The zero-order valence-corrected chi connectivity index (χ0v) is 14.9. The molecule has 0 aromatic heterocycles. The van der Waals surface area contributed by atoms with Crippen LogP contribution in [-0.2, 0) is 4.79 Å². The van der Waals surface area contributed by atoms with Gasteiger partial charge in [-0.05, 0) is 29.7 Å². The van der Waals surface area contributed by atoms with Gasteiger partial charge in [0.1, 0.15) is 11.6 Å². The number of para-hydroxylation sites is 1. The lowest BCUT2D eigenvalue weighted by Gasteiger charge is -2.08. The third-order valence-corrected chi connectivity index (χ3v) is 4.00. The Balaban J connectivity index is 2.35. The van der Waals surface area contributed by atoms with Crippen LogP contribution in [0.3, 0.4) is 0 Å². The Morgan fingerprint density at radius 2 is 2.00 bits per heavy atom. The van der Waals surface area contributed by atoms with Gasteiger partial charge in [-0.3, -0.25) is 14.9 Å². The molecule has 0 fully saturated rings. The van der Waals surface area contributed by atoms with Crippen molar-refractivity contribution in [2.75, 3.05) is 5.32 Å². The van der Waals surface area contributed by atoms with Gasteiger partial charge in [0, 0.05) is 11.6 Å². The summed E-state index contributed by atoms with van der Waals surface area (Å²) >= 11 is 5.99. The van der Waals surface area contributed by atoms with Crippen molar-refractivity contribution in [1.29, 1.82) is 5.26 Å². The summed E-state index contributed by atoms with van der Waals surface area (Å²) < 4.78 is 0. The van der Waals surface area contributed by atoms with E-state index in [1.54, 1.807) is 36.4 Å². The normalized spacial score (nSPS) is 11.1. The minimum atomic E-state index is -0.642. The molecule has 0 aliphatic heterocycles. The molecule has 132 valence electrons. The second kappa shape index (κ2) is 8.28. The maximum atomic E-state index is 12.3. The zero-order valence-electron chi connectivity index (χ0n) is 14.2. The number of hydrogen-bond acceptors (Lipinski definition) is 4. The van der Waals surface area contributed by atoms with Crippen LogP contribution in [0, 0.1) is 21.4 Å². The molecule has 7 heteroatoms. The number of carbonyl (C=O) groups excluding carboxylic acids is 1. The molecule has 0 saturated carbocycles. The Morgan fingerprint density at radius 3 is 2.58 bits per heavy atom. The largest absolute Gasteiger partial charge is 0.320 e. The third-order valence-electron chi connectivity index (χ3n) is 3.67. The lowest BCUT2D eigenvalue weighted by molar-refractivity contribution is -0.385. The molecule has 2 rings (SSSR count). The Hall–Kier alpha value is -3.17. The number of carbonyl (C=O) groups is 1. The monoisotopic (exact) mass is 369 g/mol. The summed E-state index contributed by atoms with van der Waals surface area (Å²) in [5.41, 5.74) is 1.13. The Labute approximate surface area is 155 Å². The molecule has 2 aromatic rings. The lowest BCUT2D eigenvalue weighted by Crippen LogP contribution is -2.13. The number of amides is 1. The van der Waals surface area contributed by atoms with Crippen LogP contribution in [0.5, 0.6) is 0 Å². The molecule has 0 saturated heterocycles. The van der Waals surface area contributed by atoms with Crippen LogP contribution in [0.25, 0.3) is 6.08 Å². The van der Waals surface area contributed by atoms with Gasteiger partial charge in [-0.15, -0.1) is 0 Å². The fourth-order valence-electron chi connectivity index (χ4n) is 2.36. The summed E-state index contributed by atoms with van der Waals surface area (Å²) in [5.74, 6) is -0.663. The number of halogens is 1. The second-order valence-corrected chi connectivity index (χ2v) is 6.24. The van der Waals surface area contributed by atoms with Gasteiger partial charge in [0.15, 0.2) is 0 Å². The first-order chi connectivity index (χ1) is 12.3. The van der Waals surface area contributed by atoms with Crippen molar-refractivity contribution in [2.24, 2.45) is 0 Å². The first-order valence-corrected chi connectivity index (χ1v) is 8.17. The number of anilines is 1. The van der Waals surface area contributed by atoms with E-state index in [0.29, 0.717) is 21.8 Å². The Bertz CT molecular complexity index is 930. The van der Waals surface area contributed by atoms with Gasteiger partial charge in [-0.1, -0.05) is 49.7 Å². The van der Waals surface area contributed by atoms with Crippen molar-refractivity contribution >= 4 is 35.0 Å². The topological polar surface area (TPSA) is 96.0 Å². The molecule has 0 aliphatic carbocycles. The molecule has 0 spiro atoms. The van der Waals surface area contributed by atoms with Crippen LogP contribution in [0.15, 0.2) is 48.0 Å². The summed E-state index contributed by atoms with van der Waals surface area (Å²) in [4.78, 5) is 23.1. The molecule has 0 unspecified atom stereocenters. The molecule has 0 aliphatic rings. The van der Waals surface area contributed by atoms with Crippen molar-refractivity contribution in [3.05, 3.63) is 74.3 Å². The molecule has 1 amide bonds. The number of nitro groups is 1. The van der Waals surface area contributed by atoms with Gasteiger partial charge in [0.25, 0.3) is 11.6 Å². The summed E-state index contributed by atoms with van der Waals surface area (Å²) in [6, 6.07) is 13.1. The van der Waals surface area contributed by atoms with E-state index in [1.807, 2.05) is 19.9 Å². The molecular weight excluding hydrogens is 354 g/mol. The van der Waals surface area contributed by atoms with Gasteiger partial charge in [-0.25, -0.2) is 0 Å². The number of nitrogens with one attached hydrogen (secondary N) is 1. The average Bonchev–Trinajstić information content (AvgIpc) is 2.61. The summed E-state index contributed by atoms with van der Waals surface area (Å²) in [5, 5.41) is 23.4. The molecule has 0 radical (unpaired) electrons. The van der Waals surface area contributed by atoms with Crippen molar-refractivity contribution in [3.8, 4) is 6.07 Å². The van der Waals surface area contributed by atoms with E-state index in [2.05, 4.69) is 5.32 Å². The molecule has 2 aromatic carbocycles.